The molecule has 1 aliphatic heterocycles. The first-order chi connectivity index (χ1) is 15.3. The van der Waals surface area contributed by atoms with E-state index in [1.807, 2.05) is 0 Å². The molecule has 2 aromatic carbocycles. The molecule has 1 fully saturated rings. The van der Waals surface area contributed by atoms with Gasteiger partial charge in [-0.05, 0) is 42.8 Å². The van der Waals surface area contributed by atoms with Crippen LogP contribution < -0.4 is 14.4 Å². The molecular weight excluding hydrogens is 436 g/mol. The summed E-state index contributed by atoms with van der Waals surface area (Å²) in [6.07, 6.45) is 0. The molecule has 164 valence electrons. The number of amides is 1. The van der Waals surface area contributed by atoms with Crippen LogP contribution in [0.5, 0.6) is 11.5 Å². The molecule has 9 heteroatoms. The van der Waals surface area contributed by atoms with Gasteiger partial charge in [0.05, 0.1) is 30.9 Å². The Kier molecular flexibility index (Phi) is 5.63. The van der Waals surface area contributed by atoms with Crippen LogP contribution in [0.1, 0.15) is 22.9 Å². The Morgan fingerprint density at radius 3 is 2.53 bits per heavy atom. The molecule has 0 spiro atoms. The van der Waals surface area contributed by atoms with Gasteiger partial charge in [0.15, 0.2) is 5.82 Å². The van der Waals surface area contributed by atoms with E-state index in [0.29, 0.717) is 22.8 Å². The highest BCUT2D eigenvalue weighted by Crippen LogP contribution is 2.43. The quantitative estimate of drug-likeness (QED) is 0.348. The van der Waals surface area contributed by atoms with Crippen LogP contribution in [0.4, 0.5) is 5.82 Å². The van der Waals surface area contributed by atoms with Gasteiger partial charge >= 0.3 is 5.91 Å². The van der Waals surface area contributed by atoms with Crippen molar-refractivity contribution in [3.8, 4) is 11.5 Å². The second kappa shape index (κ2) is 8.39. The first kappa shape index (κ1) is 21.5. The van der Waals surface area contributed by atoms with Crippen molar-refractivity contribution in [2.24, 2.45) is 0 Å². The summed E-state index contributed by atoms with van der Waals surface area (Å²) >= 11 is 6.21. The average Bonchev–Trinajstić information content (AvgIpc) is 3.33. The van der Waals surface area contributed by atoms with Gasteiger partial charge in [-0.1, -0.05) is 28.9 Å². The summed E-state index contributed by atoms with van der Waals surface area (Å²) in [6.45, 7) is 1.67. The monoisotopic (exact) mass is 454 g/mol. The molecule has 0 unspecified atom stereocenters. The molecule has 1 aliphatic rings. The fourth-order valence-corrected chi connectivity index (χ4v) is 3.89. The van der Waals surface area contributed by atoms with E-state index in [-0.39, 0.29) is 27.7 Å². The number of benzene rings is 2. The second-order valence-electron chi connectivity index (χ2n) is 7.09. The Balaban J connectivity index is 1.94. The van der Waals surface area contributed by atoms with Crippen LogP contribution in [0.3, 0.4) is 0 Å². The average molecular weight is 455 g/mol. The van der Waals surface area contributed by atoms with Crippen molar-refractivity contribution in [1.82, 2.24) is 5.16 Å². The Labute approximate surface area is 188 Å². The molecule has 2 heterocycles. The second-order valence-corrected chi connectivity index (χ2v) is 7.50. The fourth-order valence-electron chi connectivity index (χ4n) is 3.63. The zero-order valence-electron chi connectivity index (χ0n) is 17.5. The third kappa shape index (κ3) is 3.58. The minimum atomic E-state index is -0.963. The molecular formula is C23H19ClN2O6. The van der Waals surface area contributed by atoms with E-state index >= 15 is 0 Å². The van der Waals surface area contributed by atoms with Gasteiger partial charge in [-0.3, -0.25) is 14.5 Å². The first-order valence-corrected chi connectivity index (χ1v) is 9.95. The van der Waals surface area contributed by atoms with Crippen LogP contribution in [-0.2, 0) is 9.59 Å². The molecule has 1 saturated heterocycles. The normalized spacial score (nSPS) is 17.6. The molecule has 0 radical (unpaired) electrons. The highest BCUT2D eigenvalue weighted by molar-refractivity contribution is 6.51. The number of nitrogens with zero attached hydrogens (tertiary/aromatic N) is 2. The summed E-state index contributed by atoms with van der Waals surface area (Å²) in [5, 5.41) is 15.3. The van der Waals surface area contributed by atoms with Crippen molar-refractivity contribution in [3.63, 3.8) is 0 Å². The van der Waals surface area contributed by atoms with Crippen LogP contribution in [0.25, 0.3) is 5.76 Å². The van der Waals surface area contributed by atoms with Crippen LogP contribution >= 0.6 is 11.6 Å². The number of rotatable bonds is 5. The van der Waals surface area contributed by atoms with E-state index in [4.69, 9.17) is 25.6 Å². The van der Waals surface area contributed by atoms with Crippen molar-refractivity contribution >= 4 is 34.9 Å². The van der Waals surface area contributed by atoms with Crippen LogP contribution in [0, 0.1) is 6.92 Å². The zero-order chi connectivity index (χ0) is 23.0. The molecule has 1 aromatic heterocycles. The molecule has 0 bridgehead atoms. The number of hydrogen-bond acceptors (Lipinski definition) is 7. The Bertz CT molecular complexity index is 1250. The number of ether oxygens (including phenoxy) is 2. The number of aryl methyl sites for hydroxylation is 1. The zero-order valence-corrected chi connectivity index (χ0v) is 18.2. The third-order valence-electron chi connectivity index (χ3n) is 5.14. The number of carbonyl (C=O) groups is 2. The minimum Gasteiger partial charge on any atom is -0.507 e. The summed E-state index contributed by atoms with van der Waals surface area (Å²) in [7, 11) is 2.98. The van der Waals surface area contributed by atoms with Gasteiger partial charge in [0, 0.05) is 11.6 Å². The number of aliphatic hydroxyl groups excluding tert-OH is 1. The van der Waals surface area contributed by atoms with E-state index in [9.17, 15) is 14.7 Å². The Hall–Kier alpha value is -3.78. The smallest absolute Gasteiger partial charge is 0.301 e. The maximum Gasteiger partial charge on any atom is 0.301 e. The Morgan fingerprint density at radius 2 is 1.91 bits per heavy atom. The van der Waals surface area contributed by atoms with Crippen molar-refractivity contribution < 1.29 is 28.7 Å². The Morgan fingerprint density at radius 1 is 1.12 bits per heavy atom. The molecule has 1 N–H and O–H groups in total. The van der Waals surface area contributed by atoms with Crippen molar-refractivity contribution in [2.75, 3.05) is 19.1 Å². The van der Waals surface area contributed by atoms with Crippen LogP contribution in [0.15, 0.2) is 58.6 Å². The highest BCUT2D eigenvalue weighted by Gasteiger charge is 2.48. The molecule has 4 rings (SSSR count). The molecule has 1 amide bonds. The van der Waals surface area contributed by atoms with Gasteiger partial charge < -0.3 is 19.1 Å². The standard InChI is InChI=1S/C23H19ClN2O6/c1-12-9-18(25-32-12)26-20(13-5-4-6-15(10-13)30-2)19(22(28)23(26)29)21(27)14-7-8-17(31-3)16(24)11-14/h4-11,20,27H,1-3H3/t20-/m0/s1. The highest BCUT2D eigenvalue weighted by atomic mass is 35.5. The van der Waals surface area contributed by atoms with Gasteiger partial charge in [0.1, 0.15) is 23.0 Å². The van der Waals surface area contributed by atoms with Crippen LogP contribution in [-0.4, -0.2) is 36.2 Å². The SMILES string of the molecule is COc1cccc([C@H]2C(=C(O)c3ccc(OC)c(Cl)c3)C(=O)C(=O)N2c2cc(C)on2)c1. The lowest BCUT2D eigenvalue weighted by Crippen LogP contribution is -2.29. The maximum atomic E-state index is 13.1. The largest absolute Gasteiger partial charge is 0.507 e. The predicted octanol–water partition coefficient (Wildman–Crippen LogP) is 4.28. The van der Waals surface area contributed by atoms with Gasteiger partial charge in [0.2, 0.25) is 0 Å². The number of anilines is 1. The number of methoxy groups -OCH3 is 2. The molecule has 32 heavy (non-hydrogen) atoms. The summed E-state index contributed by atoms with van der Waals surface area (Å²) in [6, 6.07) is 12.0. The fraction of sp³-hybridized carbons (Fsp3) is 0.174. The van der Waals surface area contributed by atoms with Crippen molar-refractivity contribution in [2.45, 2.75) is 13.0 Å². The van der Waals surface area contributed by atoms with E-state index in [0.717, 1.165) is 0 Å². The lowest BCUT2D eigenvalue weighted by Gasteiger charge is -2.23. The number of aromatic nitrogens is 1. The number of carbonyl (C=O) groups excluding carboxylic acids is 2. The summed E-state index contributed by atoms with van der Waals surface area (Å²) < 4.78 is 15.6. The first-order valence-electron chi connectivity index (χ1n) is 9.58. The van der Waals surface area contributed by atoms with Crippen molar-refractivity contribution in [3.05, 3.63) is 76.0 Å². The number of hydrogen-bond donors (Lipinski definition) is 1. The molecule has 8 nitrogen and oxygen atoms in total. The number of halogens is 1. The number of Topliss-reactive ketones (excluding diaryl/α,β-unsaturated/α-hetero) is 1. The molecule has 1 atom stereocenters. The lowest BCUT2D eigenvalue weighted by molar-refractivity contribution is -0.132. The van der Waals surface area contributed by atoms with E-state index in [2.05, 4.69) is 5.16 Å². The molecule has 0 aliphatic carbocycles. The molecule has 0 saturated carbocycles. The summed E-state index contributed by atoms with van der Waals surface area (Å²) in [5.41, 5.74) is 0.702. The van der Waals surface area contributed by atoms with Crippen LogP contribution in [0.2, 0.25) is 5.02 Å². The van der Waals surface area contributed by atoms with Gasteiger partial charge in [-0.2, -0.15) is 0 Å². The maximum absolute atomic E-state index is 13.1. The van der Waals surface area contributed by atoms with E-state index in [1.54, 1.807) is 49.4 Å². The lowest BCUT2D eigenvalue weighted by atomic mass is 9.95. The predicted molar refractivity (Wildman–Crippen MR) is 117 cm³/mol. The minimum absolute atomic E-state index is 0.106. The summed E-state index contributed by atoms with van der Waals surface area (Å²) in [4.78, 5) is 27.3. The van der Waals surface area contributed by atoms with E-state index in [1.165, 1.54) is 25.2 Å². The van der Waals surface area contributed by atoms with Crippen molar-refractivity contribution in [1.29, 1.82) is 0 Å². The number of ketones is 1. The van der Waals surface area contributed by atoms with E-state index < -0.39 is 17.7 Å². The topological polar surface area (TPSA) is 102 Å². The van der Waals surface area contributed by atoms with Gasteiger partial charge in [-0.25, -0.2) is 0 Å². The third-order valence-corrected chi connectivity index (χ3v) is 5.44. The summed E-state index contributed by atoms with van der Waals surface area (Å²) in [5.74, 6) is -0.515. The van der Waals surface area contributed by atoms with Gasteiger partial charge in [0.25, 0.3) is 5.78 Å². The number of aliphatic hydroxyl groups is 1. The molecule has 3 aromatic rings. The van der Waals surface area contributed by atoms with Gasteiger partial charge in [-0.15, -0.1) is 0 Å².